The molecule has 3 aromatic heterocycles. The van der Waals surface area contributed by atoms with Crippen LogP contribution >= 0.6 is 11.6 Å². The average Bonchev–Trinajstić information content (AvgIpc) is 2.95. The summed E-state index contributed by atoms with van der Waals surface area (Å²) in [6, 6.07) is 1.90. The monoisotopic (exact) mass is 286 g/mol. The molecule has 0 aliphatic rings. The van der Waals surface area contributed by atoms with E-state index in [1.165, 1.54) is 0 Å². The number of hydrogen-bond acceptors (Lipinski definition) is 4. The second-order valence-corrected chi connectivity index (χ2v) is 4.46. The van der Waals surface area contributed by atoms with Crippen molar-refractivity contribution in [2.75, 3.05) is 7.11 Å². The van der Waals surface area contributed by atoms with Gasteiger partial charge in [-0.15, -0.1) is 0 Å². The van der Waals surface area contributed by atoms with Gasteiger partial charge in [-0.2, -0.15) is 0 Å². The Bertz CT molecular complexity index is 797. The molecular formula is C14H11ClN4O. The van der Waals surface area contributed by atoms with E-state index in [4.69, 9.17) is 16.3 Å². The summed E-state index contributed by atoms with van der Waals surface area (Å²) in [4.78, 5) is 12.7. The Balaban J connectivity index is 2.26. The summed E-state index contributed by atoms with van der Waals surface area (Å²) in [6.07, 6.45) is 8.71. The number of imidazole rings is 1. The van der Waals surface area contributed by atoms with E-state index in [-0.39, 0.29) is 0 Å². The van der Waals surface area contributed by atoms with E-state index in [9.17, 15) is 0 Å². The molecule has 3 rings (SSSR count). The first-order valence-electron chi connectivity index (χ1n) is 5.89. The molecule has 0 aliphatic heterocycles. The van der Waals surface area contributed by atoms with E-state index in [0.717, 1.165) is 11.1 Å². The van der Waals surface area contributed by atoms with Crippen LogP contribution in [0.1, 0.15) is 5.56 Å². The van der Waals surface area contributed by atoms with Crippen LogP contribution in [0.25, 0.3) is 23.0 Å². The number of methoxy groups -OCH3 is 1. The molecule has 0 aliphatic carbocycles. The average molecular weight is 287 g/mol. The zero-order valence-electron chi connectivity index (χ0n) is 10.7. The second kappa shape index (κ2) is 4.94. The molecule has 0 aromatic carbocycles. The molecule has 20 heavy (non-hydrogen) atoms. The van der Waals surface area contributed by atoms with Gasteiger partial charge in [-0.3, -0.25) is 0 Å². The van der Waals surface area contributed by atoms with Gasteiger partial charge in [-0.25, -0.2) is 15.0 Å². The highest BCUT2D eigenvalue weighted by atomic mass is 35.5. The van der Waals surface area contributed by atoms with Crippen molar-refractivity contribution in [3.63, 3.8) is 0 Å². The van der Waals surface area contributed by atoms with Crippen LogP contribution in [-0.2, 0) is 0 Å². The maximum atomic E-state index is 6.15. The van der Waals surface area contributed by atoms with Gasteiger partial charge >= 0.3 is 0 Å². The third-order valence-electron chi connectivity index (χ3n) is 2.91. The van der Waals surface area contributed by atoms with Crippen molar-refractivity contribution in [1.82, 2.24) is 19.4 Å². The minimum atomic E-state index is 0.332. The zero-order valence-corrected chi connectivity index (χ0v) is 11.5. The lowest BCUT2D eigenvalue weighted by Gasteiger charge is -2.09. The van der Waals surface area contributed by atoms with Crippen molar-refractivity contribution >= 4 is 23.3 Å². The smallest absolute Gasteiger partial charge is 0.222 e. The molecule has 0 bridgehead atoms. The van der Waals surface area contributed by atoms with Crippen LogP contribution < -0.4 is 4.74 Å². The van der Waals surface area contributed by atoms with E-state index < -0.39 is 0 Å². The van der Waals surface area contributed by atoms with Crippen molar-refractivity contribution < 1.29 is 4.74 Å². The molecule has 0 saturated carbocycles. The molecule has 0 fully saturated rings. The topological polar surface area (TPSA) is 52.3 Å². The second-order valence-electron chi connectivity index (χ2n) is 4.10. The van der Waals surface area contributed by atoms with Gasteiger partial charge in [-0.05, 0) is 11.6 Å². The van der Waals surface area contributed by atoms with Crippen LogP contribution in [0.5, 0.6) is 5.88 Å². The van der Waals surface area contributed by atoms with Crippen molar-refractivity contribution in [2.45, 2.75) is 0 Å². The number of rotatable bonds is 3. The Morgan fingerprint density at radius 2 is 2.25 bits per heavy atom. The van der Waals surface area contributed by atoms with Crippen LogP contribution in [0.2, 0.25) is 5.15 Å². The molecular weight excluding hydrogens is 276 g/mol. The van der Waals surface area contributed by atoms with Gasteiger partial charge in [0.05, 0.1) is 18.4 Å². The number of halogens is 1. The Kier molecular flexibility index (Phi) is 3.12. The fourth-order valence-electron chi connectivity index (χ4n) is 1.95. The molecule has 0 atom stereocenters. The predicted octanol–water partition coefficient (Wildman–Crippen LogP) is 3.10. The summed E-state index contributed by atoms with van der Waals surface area (Å²) in [7, 11) is 1.57. The SMILES string of the molecule is C=Cc1cnc(OC)c(-c2cn3ccnc3c(Cl)n2)c1. The van der Waals surface area contributed by atoms with Gasteiger partial charge in [-0.1, -0.05) is 24.3 Å². The van der Waals surface area contributed by atoms with Gasteiger partial charge in [0.25, 0.3) is 0 Å². The first-order valence-corrected chi connectivity index (χ1v) is 6.27. The molecule has 6 heteroatoms. The van der Waals surface area contributed by atoms with Crippen molar-refractivity contribution in [2.24, 2.45) is 0 Å². The lowest BCUT2D eigenvalue weighted by Crippen LogP contribution is -1.97. The van der Waals surface area contributed by atoms with Gasteiger partial charge in [0.2, 0.25) is 5.88 Å². The van der Waals surface area contributed by atoms with Crippen LogP contribution in [0.3, 0.4) is 0 Å². The van der Waals surface area contributed by atoms with Gasteiger partial charge < -0.3 is 9.14 Å². The van der Waals surface area contributed by atoms with Crippen molar-refractivity contribution in [3.05, 3.63) is 48.1 Å². The highest BCUT2D eigenvalue weighted by Crippen LogP contribution is 2.29. The van der Waals surface area contributed by atoms with E-state index >= 15 is 0 Å². The summed E-state index contributed by atoms with van der Waals surface area (Å²) < 4.78 is 7.09. The minimum Gasteiger partial charge on any atom is -0.481 e. The molecule has 0 amide bonds. The molecule has 0 N–H and O–H groups in total. The van der Waals surface area contributed by atoms with Gasteiger partial charge in [0, 0.05) is 24.8 Å². The summed E-state index contributed by atoms with van der Waals surface area (Å²) in [5.74, 6) is 0.485. The molecule has 0 spiro atoms. The van der Waals surface area contributed by atoms with Crippen LogP contribution in [0.4, 0.5) is 0 Å². The fourth-order valence-corrected chi connectivity index (χ4v) is 2.19. The molecule has 0 radical (unpaired) electrons. The number of ether oxygens (including phenoxy) is 1. The highest BCUT2D eigenvalue weighted by molar-refractivity contribution is 6.32. The van der Waals surface area contributed by atoms with Gasteiger partial charge in [0.1, 0.15) is 0 Å². The largest absolute Gasteiger partial charge is 0.481 e. The summed E-state index contributed by atoms with van der Waals surface area (Å²) in [5.41, 5.74) is 2.91. The predicted molar refractivity (Wildman–Crippen MR) is 77.9 cm³/mol. The highest BCUT2D eigenvalue weighted by Gasteiger charge is 2.13. The number of fused-ring (bicyclic) bond motifs is 1. The Morgan fingerprint density at radius 1 is 1.40 bits per heavy atom. The molecule has 100 valence electrons. The molecule has 0 unspecified atom stereocenters. The summed E-state index contributed by atoms with van der Waals surface area (Å²) >= 11 is 6.15. The van der Waals surface area contributed by atoms with Crippen molar-refractivity contribution in [1.29, 1.82) is 0 Å². The van der Waals surface area contributed by atoms with E-state index in [2.05, 4.69) is 21.5 Å². The van der Waals surface area contributed by atoms with E-state index in [1.807, 2.05) is 22.9 Å². The maximum Gasteiger partial charge on any atom is 0.222 e. The Morgan fingerprint density at radius 3 is 3.00 bits per heavy atom. The van der Waals surface area contributed by atoms with Crippen molar-refractivity contribution in [3.8, 4) is 17.1 Å². The standard InChI is InChI=1S/C14H11ClN4O/c1-3-9-6-10(14(20-2)17-7-9)11-8-19-5-4-16-13(19)12(15)18-11/h3-8H,1H2,2H3. The fraction of sp³-hybridized carbons (Fsp3) is 0.0714. The third-order valence-corrected chi connectivity index (χ3v) is 3.16. The number of pyridine rings is 1. The molecule has 5 nitrogen and oxygen atoms in total. The first kappa shape index (κ1) is 12.6. The normalized spacial score (nSPS) is 10.7. The number of aromatic nitrogens is 4. The van der Waals surface area contributed by atoms with E-state index in [1.54, 1.807) is 25.6 Å². The molecule has 0 saturated heterocycles. The lowest BCUT2D eigenvalue weighted by atomic mass is 10.1. The number of hydrogen-bond donors (Lipinski definition) is 0. The third kappa shape index (κ3) is 2.02. The van der Waals surface area contributed by atoms with Crippen LogP contribution in [0.15, 0.2) is 37.4 Å². The Labute approximate surface area is 120 Å². The summed E-state index contributed by atoms with van der Waals surface area (Å²) in [5, 5.41) is 0.332. The van der Waals surface area contributed by atoms with Gasteiger partial charge in [0.15, 0.2) is 10.8 Å². The molecule has 3 heterocycles. The minimum absolute atomic E-state index is 0.332. The van der Waals surface area contributed by atoms with Crippen LogP contribution in [0, 0.1) is 0 Å². The maximum absolute atomic E-state index is 6.15. The zero-order chi connectivity index (χ0) is 14.1. The Hall–Kier alpha value is -2.40. The quantitative estimate of drug-likeness (QED) is 0.742. The van der Waals surface area contributed by atoms with Crippen LogP contribution in [-0.4, -0.2) is 26.5 Å². The lowest BCUT2D eigenvalue weighted by molar-refractivity contribution is 0.399. The summed E-state index contributed by atoms with van der Waals surface area (Å²) in [6.45, 7) is 3.74. The first-order chi connectivity index (χ1) is 9.72. The number of nitrogens with zero attached hydrogens (tertiary/aromatic N) is 4. The molecule has 3 aromatic rings. The van der Waals surface area contributed by atoms with E-state index in [0.29, 0.717) is 22.4 Å².